The van der Waals surface area contributed by atoms with Gasteiger partial charge in [-0.1, -0.05) is 0 Å². The van der Waals surface area contributed by atoms with Crippen molar-refractivity contribution in [2.24, 2.45) is 0 Å². The van der Waals surface area contributed by atoms with E-state index in [1.54, 1.807) is 6.07 Å². The first kappa shape index (κ1) is 16.8. The summed E-state index contributed by atoms with van der Waals surface area (Å²) in [6.07, 6.45) is 1.73. The molecule has 2 fully saturated rings. The van der Waals surface area contributed by atoms with Crippen LogP contribution in [0.4, 0.5) is 14.9 Å². The minimum absolute atomic E-state index is 0.139. The molecule has 8 heteroatoms. The molecule has 4 rings (SSSR count). The highest BCUT2D eigenvalue weighted by molar-refractivity contribution is 5.85. The zero-order chi connectivity index (χ0) is 18.4. The predicted molar refractivity (Wildman–Crippen MR) is 94.8 cm³/mol. The van der Waals surface area contributed by atoms with Crippen molar-refractivity contribution in [3.8, 4) is 5.75 Å². The molecule has 1 aliphatic heterocycles. The smallest absolute Gasteiger partial charge is 0.449 e. The molecule has 2 aromatic rings. The lowest BCUT2D eigenvalue weighted by molar-refractivity contribution is 0.143. The number of anilines is 1. The molecule has 1 unspecified atom stereocenters. The number of halogens is 1. The summed E-state index contributed by atoms with van der Waals surface area (Å²) in [6, 6.07) is 3.32. The molecule has 2 N–H and O–H groups in total. The number of aromatic nitrogens is 1. The predicted octanol–water partition coefficient (Wildman–Crippen LogP) is 2.33. The van der Waals surface area contributed by atoms with E-state index in [1.807, 2.05) is 16.4 Å². The number of fused-ring (bicyclic) bond motifs is 1. The first-order chi connectivity index (χ1) is 12.4. The van der Waals surface area contributed by atoms with Crippen LogP contribution in [-0.4, -0.2) is 41.5 Å². The van der Waals surface area contributed by atoms with E-state index < -0.39 is 17.4 Å². The zero-order valence-corrected chi connectivity index (χ0v) is 14.4. The van der Waals surface area contributed by atoms with Crippen molar-refractivity contribution in [3.63, 3.8) is 0 Å². The fourth-order valence-corrected chi connectivity index (χ4v) is 3.55. The quantitative estimate of drug-likeness (QED) is 0.817. The number of piperazine rings is 1. The highest BCUT2D eigenvalue weighted by Gasteiger charge is 2.28. The molecule has 26 heavy (non-hydrogen) atoms. The Labute approximate surface area is 149 Å². The standard InChI is InChI=1S/C18H20FN3O4/c1-10-8-21(5-4-20-10)15-7-14-12(6-13(15)19)17(23)16(26-18(24)25)9-22(14)11-2-3-11/h6-7,9-11,20H,2-5,8H2,1H3,(H,24,25). The summed E-state index contributed by atoms with van der Waals surface area (Å²) in [7, 11) is 0. The Morgan fingerprint density at radius 1 is 1.38 bits per heavy atom. The minimum Gasteiger partial charge on any atom is -0.449 e. The molecule has 0 spiro atoms. The second kappa shape index (κ2) is 6.28. The summed E-state index contributed by atoms with van der Waals surface area (Å²) < 4.78 is 21.2. The lowest BCUT2D eigenvalue weighted by atomic mass is 10.1. The van der Waals surface area contributed by atoms with Gasteiger partial charge in [0.25, 0.3) is 0 Å². The third kappa shape index (κ3) is 3.01. The van der Waals surface area contributed by atoms with Gasteiger partial charge in [0.2, 0.25) is 5.43 Å². The van der Waals surface area contributed by atoms with Gasteiger partial charge in [0.15, 0.2) is 5.75 Å². The molecule has 2 heterocycles. The molecule has 1 saturated carbocycles. The van der Waals surface area contributed by atoms with Gasteiger partial charge in [-0.05, 0) is 31.9 Å². The van der Waals surface area contributed by atoms with E-state index in [0.29, 0.717) is 24.3 Å². The second-order valence-corrected chi connectivity index (χ2v) is 6.95. The van der Waals surface area contributed by atoms with Crippen LogP contribution in [0.5, 0.6) is 5.75 Å². The monoisotopic (exact) mass is 361 g/mol. The second-order valence-electron chi connectivity index (χ2n) is 6.95. The average molecular weight is 361 g/mol. The van der Waals surface area contributed by atoms with Crippen molar-refractivity contribution in [1.82, 2.24) is 9.88 Å². The molecule has 0 bridgehead atoms. The maximum Gasteiger partial charge on any atom is 0.511 e. The van der Waals surface area contributed by atoms with E-state index in [0.717, 1.165) is 19.4 Å². The van der Waals surface area contributed by atoms with E-state index in [2.05, 4.69) is 10.1 Å². The molecule has 1 atom stereocenters. The number of hydrogen-bond acceptors (Lipinski definition) is 5. The summed E-state index contributed by atoms with van der Waals surface area (Å²) >= 11 is 0. The molecule has 138 valence electrons. The molecule has 7 nitrogen and oxygen atoms in total. The SMILES string of the molecule is CC1CN(c2cc3c(cc2F)c(=O)c(OC(=O)O)cn3C2CC2)CCN1. The van der Waals surface area contributed by atoms with Gasteiger partial charge in [0, 0.05) is 31.7 Å². The first-order valence-electron chi connectivity index (χ1n) is 8.71. The Kier molecular flexibility index (Phi) is 4.07. The molecular weight excluding hydrogens is 341 g/mol. The third-order valence-electron chi connectivity index (χ3n) is 4.92. The van der Waals surface area contributed by atoms with Gasteiger partial charge in [-0.25, -0.2) is 9.18 Å². The van der Waals surface area contributed by atoms with Crippen molar-refractivity contribution in [3.05, 3.63) is 34.4 Å². The average Bonchev–Trinajstić information content (AvgIpc) is 3.42. The first-order valence-corrected chi connectivity index (χ1v) is 8.71. The van der Waals surface area contributed by atoms with Crippen LogP contribution in [0.3, 0.4) is 0 Å². The van der Waals surface area contributed by atoms with E-state index in [-0.39, 0.29) is 23.2 Å². The molecule has 1 aromatic carbocycles. The van der Waals surface area contributed by atoms with E-state index in [9.17, 15) is 14.0 Å². The number of ether oxygens (including phenoxy) is 1. The largest absolute Gasteiger partial charge is 0.511 e. The molecule has 1 aromatic heterocycles. The van der Waals surface area contributed by atoms with Crippen molar-refractivity contribution >= 4 is 22.7 Å². The Bertz CT molecular complexity index is 938. The Balaban J connectivity index is 1.88. The zero-order valence-electron chi connectivity index (χ0n) is 14.4. The van der Waals surface area contributed by atoms with Crippen molar-refractivity contribution in [2.75, 3.05) is 24.5 Å². The van der Waals surface area contributed by atoms with Crippen LogP contribution in [0.2, 0.25) is 0 Å². The minimum atomic E-state index is -1.56. The van der Waals surface area contributed by atoms with Gasteiger partial charge >= 0.3 is 6.16 Å². The summed E-state index contributed by atoms with van der Waals surface area (Å²) in [5, 5.41) is 12.3. The molecule has 2 aliphatic rings. The van der Waals surface area contributed by atoms with Gasteiger partial charge in [-0.2, -0.15) is 0 Å². The van der Waals surface area contributed by atoms with E-state index in [1.165, 1.54) is 12.3 Å². The molecule has 0 amide bonds. The lowest BCUT2D eigenvalue weighted by Crippen LogP contribution is -2.49. The number of nitrogens with one attached hydrogen (secondary N) is 1. The van der Waals surface area contributed by atoms with Gasteiger partial charge < -0.3 is 24.6 Å². The fourth-order valence-electron chi connectivity index (χ4n) is 3.55. The summed E-state index contributed by atoms with van der Waals surface area (Å²) in [4.78, 5) is 25.4. The van der Waals surface area contributed by atoms with Gasteiger partial charge in [0.05, 0.1) is 22.8 Å². The molecule has 1 aliphatic carbocycles. The van der Waals surface area contributed by atoms with Gasteiger partial charge in [0.1, 0.15) is 5.82 Å². The van der Waals surface area contributed by atoms with Gasteiger partial charge in [-0.15, -0.1) is 0 Å². The van der Waals surface area contributed by atoms with Crippen molar-refractivity contribution in [1.29, 1.82) is 0 Å². The highest BCUT2D eigenvalue weighted by atomic mass is 19.1. The van der Waals surface area contributed by atoms with Crippen molar-refractivity contribution in [2.45, 2.75) is 31.8 Å². The molecule has 0 radical (unpaired) electrons. The van der Waals surface area contributed by atoms with Crippen LogP contribution in [0, 0.1) is 5.82 Å². The van der Waals surface area contributed by atoms with Crippen LogP contribution >= 0.6 is 0 Å². The van der Waals surface area contributed by atoms with Crippen LogP contribution in [0.1, 0.15) is 25.8 Å². The number of carbonyl (C=O) groups is 1. The van der Waals surface area contributed by atoms with E-state index in [4.69, 9.17) is 5.11 Å². The van der Waals surface area contributed by atoms with E-state index >= 15 is 0 Å². The number of nitrogens with zero attached hydrogens (tertiary/aromatic N) is 2. The Morgan fingerprint density at radius 3 is 2.81 bits per heavy atom. The molecule has 1 saturated heterocycles. The topological polar surface area (TPSA) is 83.8 Å². The number of benzene rings is 1. The van der Waals surface area contributed by atoms with Crippen LogP contribution in [0.15, 0.2) is 23.1 Å². The maximum atomic E-state index is 14.8. The normalized spacial score (nSPS) is 20.4. The van der Waals surface area contributed by atoms with Crippen LogP contribution < -0.4 is 20.4 Å². The molecular formula is C18H20FN3O4. The summed E-state index contributed by atoms with van der Waals surface area (Å²) in [6.45, 7) is 4.16. The summed E-state index contributed by atoms with van der Waals surface area (Å²) in [5.41, 5.74) is 0.461. The maximum absolute atomic E-state index is 14.8. The number of carboxylic acid groups (broad SMARTS) is 1. The lowest BCUT2D eigenvalue weighted by Gasteiger charge is -2.34. The number of hydrogen-bond donors (Lipinski definition) is 2. The Morgan fingerprint density at radius 2 is 2.15 bits per heavy atom. The van der Waals surface area contributed by atoms with Crippen LogP contribution in [-0.2, 0) is 0 Å². The van der Waals surface area contributed by atoms with Crippen molar-refractivity contribution < 1.29 is 19.0 Å². The summed E-state index contributed by atoms with van der Waals surface area (Å²) in [5.74, 6) is -0.779. The van der Waals surface area contributed by atoms with Gasteiger partial charge in [-0.3, -0.25) is 4.79 Å². The number of rotatable bonds is 3. The fraction of sp³-hybridized carbons (Fsp3) is 0.444. The Hall–Kier alpha value is -2.61. The number of pyridine rings is 1. The highest BCUT2D eigenvalue weighted by Crippen LogP contribution is 2.38. The van der Waals surface area contributed by atoms with Crippen LogP contribution in [0.25, 0.3) is 10.9 Å². The third-order valence-corrected chi connectivity index (χ3v) is 4.92.